The first-order chi connectivity index (χ1) is 9.38. The number of carboxylic acids is 1. The molecule has 3 amide bonds. The van der Waals surface area contributed by atoms with Crippen molar-refractivity contribution in [3.05, 3.63) is 29.3 Å². The quantitative estimate of drug-likeness (QED) is 0.719. The summed E-state index contributed by atoms with van der Waals surface area (Å²) in [6, 6.07) is 5.60. The zero-order valence-electron chi connectivity index (χ0n) is 10.5. The molecule has 0 saturated carbocycles. The van der Waals surface area contributed by atoms with Gasteiger partial charge in [-0.2, -0.15) is 0 Å². The lowest BCUT2D eigenvalue weighted by atomic mass is 10.2. The third kappa shape index (κ3) is 5.57. The van der Waals surface area contributed by atoms with Crippen LogP contribution < -0.4 is 16.0 Å². The van der Waals surface area contributed by atoms with Gasteiger partial charge in [0.15, 0.2) is 0 Å². The van der Waals surface area contributed by atoms with Crippen molar-refractivity contribution < 1.29 is 19.5 Å². The predicted octanol–water partition coefficient (Wildman–Crippen LogP) is 0.816. The summed E-state index contributed by atoms with van der Waals surface area (Å²) in [5.41, 5.74) is 5.43. The van der Waals surface area contributed by atoms with E-state index < -0.39 is 17.9 Å². The average Bonchev–Trinajstić information content (AvgIpc) is 2.34. The van der Waals surface area contributed by atoms with E-state index in [1.807, 2.05) is 5.32 Å². The molecule has 0 heterocycles. The Morgan fingerprint density at radius 1 is 1.25 bits per heavy atom. The maximum absolute atomic E-state index is 11.3. The molecule has 1 aromatic rings. The second-order valence-corrected chi connectivity index (χ2v) is 4.39. The molecule has 0 atom stereocenters. The van der Waals surface area contributed by atoms with Gasteiger partial charge in [0.25, 0.3) is 0 Å². The fourth-order valence-corrected chi connectivity index (χ4v) is 1.68. The van der Waals surface area contributed by atoms with Crippen LogP contribution in [0.5, 0.6) is 0 Å². The van der Waals surface area contributed by atoms with Crippen LogP contribution in [-0.2, 0) is 9.59 Å². The number of primary amides is 1. The second kappa shape index (κ2) is 7.34. The Morgan fingerprint density at radius 2 is 1.85 bits per heavy atom. The molecule has 0 bridgehead atoms. The number of halogens is 1. The third-order valence-electron chi connectivity index (χ3n) is 2.39. The van der Waals surface area contributed by atoms with Crippen molar-refractivity contribution in [3.63, 3.8) is 0 Å². The smallest absolute Gasteiger partial charge is 0.323 e. The number of nitrogens with two attached hydrogens (primary N) is 1. The molecule has 8 heteroatoms. The van der Waals surface area contributed by atoms with Crippen molar-refractivity contribution in [3.8, 4) is 0 Å². The Kier molecular flexibility index (Phi) is 5.79. The minimum atomic E-state index is -1.03. The normalized spacial score (nSPS) is 9.85. The lowest BCUT2D eigenvalue weighted by Crippen LogP contribution is -2.38. The summed E-state index contributed by atoms with van der Waals surface area (Å²) in [5.74, 6) is -1.60. The first-order valence-electron chi connectivity index (χ1n) is 5.70. The standard InChI is InChI=1S/C12H14ClN3O4/c13-8-1-3-9(4-2-8)16(7-11(18)19)6-5-10(17)15-12(14)20/h1-4H,5-7H2,(H,18,19)(H3,14,15,17,20). The summed E-state index contributed by atoms with van der Waals surface area (Å²) in [6.45, 7) is -0.140. The van der Waals surface area contributed by atoms with Crippen molar-refractivity contribution in [1.82, 2.24) is 5.32 Å². The molecule has 7 nitrogen and oxygen atoms in total. The van der Waals surface area contributed by atoms with Crippen LogP contribution in [0.4, 0.5) is 10.5 Å². The van der Waals surface area contributed by atoms with Gasteiger partial charge in [-0.3, -0.25) is 14.9 Å². The van der Waals surface area contributed by atoms with Crippen LogP contribution in [0.15, 0.2) is 24.3 Å². The highest BCUT2D eigenvalue weighted by atomic mass is 35.5. The van der Waals surface area contributed by atoms with Crippen LogP contribution >= 0.6 is 11.6 Å². The maximum atomic E-state index is 11.3. The van der Waals surface area contributed by atoms with Crippen molar-refractivity contribution in [2.75, 3.05) is 18.0 Å². The van der Waals surface area contributed by atoms with E-state index in [1.165, 1.54) is 4.90 Å². The molecular weight excluding hydrogens is 286 g/mol. The lowest BCUT2D eigenvalue weighted by molar-refractivity contribution is -0.135. The largest absolute Gasteiger partial charge is 0.480 e. The number of nitrogens with one attached hydrogen (secondary N) is 1. The number of urea groups is 1. The van der Waals surface area contributed by atoms with E-state index in [1.54, 1.807) is 24.3 Å². The molecule has 0 unspecified atom stereocenters. The van der Waals surface area contributed by atoms with Crippen molar-refractivity contribution >= 4 is 35.2 Å². The first-order valence-corrected chi connectivity index (χ1v) is 6.08. The zero-order valence-corrected chi connectivity index (χ0v) is 11.3. The number of anilines is 1. The van der Waals surface area contributed by atoms with Crippen LogP contribution in [0.3, 0.4) is 0 Å². The SMILES string of the molecule is NC(=O)NC(=O)CCN(CC(=O)O)c1ccc(Cl)cc1. The summed E-state index contributed by atoms with van der Waals surface area (Å²) in [4.78, 5) is 34.1. The Balaban J connectivity index is 2.69. The zero-order chi connectivity index (χ0) is 15.1. The summed E-state index contributed by atoms with van der Waals surface area (Å²) in [6.07, 6.45) is -0.0567. The molecule has 0 radical (unpaired) electrons. The van der Waals surface area contributed by atoms with Crippen molar-refractivity contribution in [2.24, 2.45) is 5.73 Å². The maximum Gasteiger partial charge on any atom is 0.323 e. The van der Waals surface area contributed by atoms with E-state index >= 15 is 0 Å². The molecule has 0 aliphatic rings. The van der Waals surface area contributed by atoms with E-state index in [2.05, 4.69) is 0 Å². The lowest BCUT2D eigenvalue weighted by Gasteiger charge is -2.22. The van der Waals surface area contributed by atoms with Gasteiger partial charge >= 0.3 is 12.0 Å². The Bertz CT molecular complexity index is 504. The van der Waals surface area contributed by atoms with Gasteiger partial charge in [-0.1, -0.05) is 11.6 Å². The fourth-order valence-electron chi connectivity index (χ4n) is 1.55. The van der Waals surface area contributed by atoms with E-state index in [-0.39, 0.29) is 19.5 Å². The van der Waals surface area contributed by atoms with Crippen LogP contribution in [0, 0.1) is 0 Å². The highest BCUT2D eigenvalue weighted by Gasteiger charge is 2.13. The van der Waals surface area contributed by atoms with E-state index in [0.717, 1.165) is 0 Å². The number of amides is 3. The first kappa shape index (κ1) is 15.8. The predicted molar refractivity (Wildman–Crippen MR) is 73.6 cm³/mol. The highest BCUT2D eigenvalue weighted by molar-refractivity contribution is 6.30. The molecule has 0 aliphatic heterocycles. The number of benzene rings is 1. The van der Waals surface area contributed by atoms with Crippen LogP contribution in [0.2, 0.25) is 5.02 Å². The molecule has 4 N–H and O–H groups in total. The monoisotopic (exact) mass is 299 g/mol. The molecular formula is C12H14ClN3O4. The summed E-state index contributed by atoms with van der Waals surface area (Å²) in [5, 5.41) is 11.3. The molecule has 108 valence electrons. The van der Waals surface area contributed by atoms with Gasteiger partial charge in [0.05, 0.1) is 0 Å². The van der Waals surface area contributed by atoms with E-state index in [9.17, 15) is 14.4 Å². The van der Waals surface area contributed by atoms with E-state index in [4.69, 9.17) is 22.4 Å². The number of nitrogens with zero attached hydrogens (tertiary/aromatic N) is 1. The van der Waals surface area contributed by atoms with Gasteiger partial charge in [-0.05, 0) is 24.3 Å². The van der Waals surface area contributed by atoms with Gasteiger partial charge in [0, 0.05) is 23.7 Å². The van der Waals surface area contributed by atoms with Gasteiger partial charge in [-0.15, -0.1) is 0 Å². The molecule has 0 aromatic heterocycles. The Hall–Kier alpha value is -2.28. The number of imide groups is 1. The number of carbonyl (C=O) groups is 3. The second-order valence-electron chi connectivity index (χ2n) is 3.95. The van der Waals surface area contributed by atoms with Crippen LogP contribution in [0.1, 0.15) is 6.42 Å². The molecule has 0 fully saturated rings. The minimum absolute atomic E-state index is 0.0567. The molecule has 0 aliphatic carbocycles. The topological polar surface area (TPSA) is 113 Å². The van der Waals surface area contributed by atoms with Crippen molar-refractivity contribution in [2.45, 2.75) is 6.42 Å². The number of carbonyl (C=O) groups excluding carboxylic acids is 2. The van der Waals surface area contributed by atoms with Gasteiger partial charge < -0.3 is 15.7 Å². The fraction of sp³-hybridized carbons (Fsp3) is 0.250. The Labute approximate surface area is 120 Å². The molecule has 1 rings (SSSR count). The number of aliphatic carboxylic acids is 1. The minimum Gasteiger partial charge on any atom is -0.480 e. The van der Waals surface area contributed by atoms with E-state index in [0.29, 0.717) is 10.7 Å². The average molecular weight is 300 g/mol. The summed E-state index contributed by atoms with van der Waals surface area (Å²) < 4.78 is 0. The van der Waals surface area contributed by atoms with Crippen LogP contribution in [0.25, 0.3) is 0 Å². The molecule has 1 aromatic carbocycles. The number of carboxylic acid groups (broad SMARTS) is 1. The van der Waals surface area contributed by atoms with Gasteiger partial charge in [0.1, 0.15) is 6.54 Å². The summed E-state index contributed by atoms with van der Waals surface area (Å²) in [7, 11) is 0. The van der Waals surface area contributed by atoms with Crippen molar-refractivity contribution in [1.29, 1.82) is 0 Å². The number of rotatable bonds is 6. The molecule has 0 spiro atoms. The number of hydrogen-bond donors (Lipinski definition) is 3. The highest BCUT2D eigenvalue weighted by Crippen LogP contribution is 2.18. The molecule has 20 heavy (non-hydrogen) atoms. The Morgan fingerprint density at radius 3 is 2.35 bits per heavy atom. The number of hydrogen-bond acceptors (Lipinski definition) is 4. The molecule has 0 saturated heterocycles. The van der Waals surface area contributed by atoms with Gasteiger partial charge in [-0.25, -0.2) is 4.79 Å². The third-order valence-corrected chi connectivity index (χ3v) is 2.64. The van der Waals surface area contributed by atoms with Gasteiger partial charge in [0.2, 0.25) is 5.91 Å². The summed E-state index contributed by atoms with van der Waals surface area (Å²) >= 11 is 5.76. The van der Waals surface area contributed by atoms with Crippen LogP contribution in [-0.4, -0.2) is 36.1 Å².